The first-order valence-electron chi connectivity index (χ1n) is 5.09. The van der Waals surface area contributed by atoms with Crippen molar-refractivity contribution >= 4 is 21.6 Å². The summed E-state index contributed by atoms with van der Waals surface area (Å²) in [5.41, 5.74) is 0.822. The Morgan fingerprint density at radius 3 is 2.47 bits per heavy atom. The molecule has 15 heavy (non-hydrogen) atoms. The highest BCUT2D eigenvalue weighted by Crippen LogP contribution is 2.56. The minimum absolute atomic E-state index is 0.0686. The first-order chi connectivity index (χ1) is 7.03. The van der Waals surface area contributed by atoms with Gasteiger partial charge in [0.25, 0.3) is 0 Å². The summed E-state index contributed by atoms with van der Waals surface area (Å²) < 4.78 is 6.99. The molecule has 1 aliphatic heterocycles. The Balaban J connectivity index is 2.14. The van der Waals surface area contributed by atoms with Gasteiger partial charge in [0.1, 0.15) is 10.6 Å². The van der Waals surface area contributed by atoms with Gasteiger partial charge in [-0.25, -0.2) is 4.98 Å². The van der Waals surface area contributed by atoms with Crippen LogP contribution in [0.15, 0.2) is 24.3 Å². The average molecular weight is 219 g/mol. The van der Waals surface area contributed by atoms with Gasteiger partial charge in [0, 0.05) is 0 Å². The predicted molar refractivity (Wildman–Crippen MR) is 62.1 cm³/mol. The second kappa shape index (κ2) is 2.60. The largest absolute Gasteiger partial charge is 0.356 e. The van der Waals surface area contributed by atoms with Gasteiger partial charge >= 0.3 is 0 Å². The van der Waals surface area contributed by atoms with Crippen molar-refractivity contribution in [2.45, 2.75) is 32.0 Å². The standard InChI is InChI=1S/C12H13NOS/c1-11(2)12(3,14-11)10-13-8-6-4-5-7-9(8)15-10/h4-7H,1-3H3. The molecule has 0 radical (unpaired) electrons. The number of epoxide rings is 1. The Labute approximate surface area is 92.9 Å². The smallest absolute Gasteiger partial charge is 0.146 e. The van der Waals surface area contributed by atoms with E-state index >= 15 is 0 Å². The number of ether oxygens (including phenoxy) is 1. The maximum absolute atomic E-state index is 5.76. The van der Waals surface area contributed by atoms with E-state index in [-0.39, 0.29) is 11.2 Å². The van der Waals surface area contributed by atoms with Crippen LogP contribution in [0.4, 0.5) is 0 Å². The van der Waals surface area contributed by atoms with E-state index in [1.807, 2.05) is 18.2 Å². The Bertz CT molecular complexity index is 498. The minimum atomic E-state index is -0.184. The van der Waals surface area contributed by atoms with Crippen molar-refractivity contribution in [2.24, 2.45) is 0 Å². The summed E-state index contributed by atoms with van der Waals surface area (Å²) in [4.78, 5) is 4.64. The molecule has 78 valence electrons. The number of nitrogens with zero attached hydrogens (tertiary/aromatic N) is 1. The molecular formula is C12H13NOS. The highest BCUT2D eigenvalue weighted by molar-refractivity contribution is 7.18. The van der Waals surface area contributed by atoms with E-state index < -0.39 is 0 Å². The molecule has 2 heterocycles. The summed E-state index contributed by atoms with van der Waals surface area (Å²) in [5, 5.41) is 1.09. The van der Waals surface area contributed by atoms with Crippen molar-refractivity contribution in [1.82, 2.24) is 4.98 Å². The van der Waals surface area contributed by atoms with Crippen molar-refractivity contribution in [1.29, 1.82) is 0 Å². The monoisotopic (exact) mass is 219 g/mol. The second-order valence-corrected chi connectivity index (χ2v) is 5.66. The molecule has 0 N–H and O–H groups in total. The maximum atomic E-state index is 5.76. The van der Waals surface area contributed by atoms with E-state index in [9.17, 15) is 0 Å². The van der Waals surface area contributed by atoms with Crippen LogP contribution in [0.5, 0.6) is 0 Å². The molecule has 0 saturated carbocycles. The lowest BCUT2D eigenvalue weighted by molar-refractivity contribution is 0.287. The number of aromatic nitrogens is 1. The van der Waals surface area contributed by atoms with E-state index in [2.05, 4.69) is 31.8 Å². The third-order valence-corrected chi connectivity index (χ3v) is 4.51. The molecule has 0 amide bonds. The molecule has 1 aromatic carbocycles. The topological polar surface area (TPSA) is 25.4 Å². The van der Waals surface area contributed by atoms with Gasteiger partial charge in [-0.3, -0.25) is 0 Å². The van der Waals surface area contributed by atoms with Crippen LogP contribution >= 0.6 is 11.3 Å². The number of benzene rings is 1. The fraction of sp³-hybridized carbons (Fsp3) is 0.417. The third kappa shape index (κ3) is 1.17. The molecule has 1 unspecified atom stereocenters. The zero-order valence-corrected chi connectivity index (χ0v) is 9.89. The van der Waals surface area contributed by atoms with Gasteiger partial charge in [-0.1, -0.05) is 12.1 Å². The van der Waals surface area contributed by atoms with Gasteiger partial charge in [0.05, 0.1) is 15.8 Å². The minimum Gasteiger partial charge on any atom is -0.356 e. The molecule has 2 aromatic rings. The Hall–Kier alpha value is -0.930. The summed E-state index contributed by atoms with van der Waals surface area (Å²) in [6, 6.07) is 8.22. The first kappa shape index (κ1) is 9.31. The molecule has 0 bridgehead atoms. The fourth-order valence-corrected chi connectivity index (χ4v) is 3.06. The molecule has 0 aliphatic carbocycles. The number of rotatable bonds is 1. The van der Waals surface area contributed by atoms with Crippen LogP contribution in [-0.2, 0) is 10.3 Å². The molecule has 1 saturated heterocycles. The van der Waals surface area contributed by atoms with Gasteiger partial charge in [-0.15, -0.1) is 11.3 Å². The summed E-state index contributed by atoms with van der Waals surface area (Å²) in [7, 11) is 0. The van der Waals surface area contributed by atoms with Crippen LogP contribution in [-0.4, -0.2) is 10.6 Å². The van der Waals surface area contributed by atoms with Crippen molar-refractivity contribution in [3.05, 3.63) is 29.3 Å². The van der Waals surface area contributed by atoms with Crippen LogP contribution < -0.4 is 0 Å². The molecule has 1 aromatic heterocycles. The molecular weight excluding hydrogens is 206 g/mol. The van der Waals surface area contributed by atoms with E-state index in [1.54, 1.807) is 11.3 Å². The fourth-order valence-electron chi connectivity index (χ4n) is 1.86. The average Bonchev–Trinajstić information content (AvgIpc) is 2.61. The quantitative estimate of drug-likeness (QED) is 0.687. The Morgan fingerprint density at radius 1 is 1.20 bits per heavy atom. The van der Waals surface area contributed by atoms with E-state index in [0.717, 1.165) is 10.5 Å². The van der Waals surface area contributed by atoms with Crippen LogP contribution in [0.25, 0.3) is 10.2 Å². The summed E-state index contributed by atoms with van der Waals surface area (Å²) >= 11 is 1.73. The van der Waals surface area contributed by atoms with Gasteiger partial charge in [0.2, 0.25) is 0 Å². The number of hydrogen-bond donors (Lipinski definition) is 0. The predicted octanol–water partition coefficient (Wildman–Crippen LogP) is 3.32. The number of para-hydroxylation sites is 1. The summed E-state index contributed by atoms with van der Waals surface area (Å²) in [5.74, 6) is 0. The van der Waals surface area contributed by atoms with Crippen molar-refractivity contribution in [3.63, 3.8) is 0 Å². The van der Waals surface area contributed by atoms with Crippen LogP contribution in [0.3, 0.4) is 0 Å². The van der Waals surface area contributed by atoms with Crippen molar-refractivity contribution in [3.8, 4) is 0 Å². The van der Waals surface area contributed by atoms with Crippen molar-refractivity contribution < 1.29 is 4.74 Å². The maximum Gasteiger partial charge on any atom is 0.146 e. The molecule has 1 aliphatic rings. The Morgan fingerprint density at radius 2 is 1.87 bits per heavy atom. The second-order valence-electron chi connectivity index (χ2n) is 4.63. The summed E-state index contributed by atoms with van der Waals surface area (Å²) in [6.07, 6.45) is 0. The first-order valence-corrected chi connectivity index (χ1v) is 5.91. The molecule has 1 fully saturated rings. The van der Waals surface area contributed by atoms with E-state index in [4.69, 9.17) is 4.74 Å². The van der Waals surface area contributed by atoms with Crippen LogP contribution in [0, 0.1) is 0 Å². The van der Waals surface area contributed by atoms with E-state index in [0.29, 0.717) is 0 Å². The zero-order valence-electron chi connectivity index (χ0n) is 9.07. The zero-order chi connectivity index (χ0) is 10.7. The highest BCUT2D eigenvalue weighted by atomic mass is 32.1. The lowest BCUT2D eigenvalue weighted by atomic mass is 9.99. The number of thiazole rings is 1. The normalized spacial score (nSPS) is 28.2. The van der Waals surface area contributed by atoms with Gasteiger partial charge < -0.3 is 4.74 Å². The van der Waals surface area contributed by atoms with Gasteiger partial charge in [0.15, 0.2) is 0 Å². The SMILES string of the molecule is CC1(C)OC1(C)c1nc2ccccc2s1. The lowest BCUT2D eigenvalue weighted by Gasteiger charge is -2.02. The number of fused-ring (bicyclic) bond motifs is 1. The molecule has 3 heteroatoms. The van der Waals surface area contributed by atoms with Crippen molar-refractivity contribution in [2.75, 3.05) is 0 Å². The van der Waals surface area contributed by atoms with E-state index in [1.165, 1.54) is 4.70 Å². The molecule has 2 nitrogen and oxygen atoms in total. The lowest BCUT2D eigenvalue weighted by Crippen LogP contribution is -2.13. The van der Waals surface area contributed by atoms with Crippen LogP contribution in [0.2, 0.25) is 0 Å². The summed E-state index contributed by atoms with van der Waals surface area (Å²) in [6.45, 7) is 6.34. The Kier molecular flexibility index (Phi) is 1.61. The molecule has 1 atom stereocenters. The number of hydrogen-bond acceptors (Lipinski definition) is 3. The molecule has 3 rings (SSSR count). The van der Waals surface area contributed by atoms with Gasteiger partial charge in [-0.05, 0) is 32.9 Å². The molecule has 0 spiro atoms. The third-order valence-electron chi connectivity index (χ3n) is 3.27. The highest BCUT2D eigenvalue weighted by Gasteiger charge is 2.63. The van der Waals surface area contributed by atoms with Gasteiger partial charge in [-0.2, -0.15) is 0 Å². The van der Waals surface area contributed by atoms with Crippen LogP contribution in [0.1, 0.15) is 25.8 Å².